The molecule has 0 spiro atoms. The average molecular weight is 371 g/mol. The third-order valence-corrected chi connectivity index (χ3v) is 5.82. The van der Waals surface area contributed by atoms with E-state index in [0.29, 0.717) is 10.8 Å². The van der Waals surface area contributed by atoms with Crippen LogP contribution in [0.4, 0.5) is 5.13 Å². The van der Waals surface area contributed by atoms with Crippen molar-refractivity contribution < 1.29 is 4.79 Å². The number of fused-ring (bicyclic) bond motifs is 3. The smallest absolute Gasteiger partial charge is 0.277 e. The molecule has 1 aromatic carbocycles. The van der Waals surface area contributed by atoms with Crippen LogP contribution in [0.2, 0.25) is 0 Å². The highest BCUT2D eigenvalue weighted by Gasteiger charge is 2.17. The first-order valence-electron chi connectivity index (χ1n) is 7.96. The minimum absolute atomic E-state index is 0.213. The van der Waals surface area contributed by atoms with Gasteiger partial charge in [-0.05, 0) is 45.9 Å². The highest BCUT2D eigenvalue weighted by Crippen LogP contribution is 2.34. The van der Waals surface area contributed by atoms with Gasteiger partial charge < -0.3 is 0 Å². The molecule has 1 amide bonds. The van der Waals surface area contributed by atoms with E-state index in [0.717, 1.165) is 31.1 Å². The molecule has 0 unspecified atom stereocenters. The molecule has 3 heterocycles. The quantitative estimate of drug-likeness (QED) is 0.573. The molecule has 0 saturated carbocycles. The lowest BCUT2D eigenvalue weighted by Gasteiger charge is -2.06. The summed E-state index contributed by atoms with van der Waals surface area (Å²) in [6.07, 6.45) is 0. The number of hydrogen-bond acceptors (Lipinski definition) is 6. The fourth-order valence-corrected chi connectivity index (χ4v) is 4.68. The zero-order valence-electron chi connectivity index (χ0n) is 14.3. The minimum Gasteiger partial charge on any atom is -0.296 e. The summed E-state index contributed by atoms with van der Waals surface area (Å²) in [5.74, 6) is -0.243. The summed E-state index contributed by atoms with van der Waals surface area (Å²) in [6.45, 7) is 8.02. The van der Waals surface area contributed by atoms with E-state index in [9.17, 15) is 4.79 Å². The van der Waals surface area contributed by atoms with Crippen molar-refractivity contribution in [2.75, 3.05) is 5.32 Å². The zero-order chi connectivity index (χ0) is 17.7. The number of aryl methyl sites for hydroxylation is 2. The van der Waals surface area contributed by atoms with Crippen molar-refractivity contribution in [2.24, 2.45) is 0 Å². The molecule has 8 heteroatoms. The van der Waals surface area contributed by atoms with E-state index in [4.69, 9.17) is 0 Å². The highest BCUT2D eigenvalue weighted by atomic mass is 32.1. The van der Waals surface area contributed by atoms with Gasteiger partial charge in [-0.2, -0.15) is 5.10 Å². The number of aromatic nitrogens is 4. The van der Waals surface area contributed by atoms with Crippen LogP contribution in [0.5, 0.6) is 0 Å². The molecule has 0 aliphatic heterocycles. The largest absolute Gasteiger partial charge is 0.296 e. The maximum absolute atomic E-state index is 12.5. The van der Waals surface area contributed by atoms with Crippen LogP contribution < -0.4 is 5.32 Å². The Morgan fingerprint density at radius 2 is 2.00 bits per heavy atom. The van der Waals surface area contributed by atoms with Crippen molar-refractivity contribution >= 4 is 54.1 Å². The molecule has 4 aromatic rings. The first-order chi connectivity index (χ1) is 11.9. The van der Waals surface area contributed by atoms with Gasteiger partial charge in [0.05, 0.1) is 19.9 Å². The second kappa shape index (κ2) is 5.89. The normalized spacial score (nSPS) is 11.7. The van der Waals surface area contributed by atoms with Crippen molar-refractivity contribution in [2.45, 2.75) is 33.7 Å². The third-order valence-electron chi connectivity index (χ3n) is 3.89. The lowest BCUT2D eigenvalue weighted by Crippen LogP contribution is -2.13. The molecule has 1 N–H and O–H groups in total. The number of hydrogen-bond donors (Lipinski definition) is 1. The molecule has 0 aliphatic rings. The van der Waals surface area contributed by atoms with E-state index in [1.165, 1.54) is 11.3 Å². The van der Waals surface area contributed by atoms with E-state index in [1.807, 2.05) is 44.5 Å². The van der Waals surface area contributed by atoms with Gasteiger partial charge in [0.15, 0.2) is 10.8 Å². The standard InChI is InChI=1S/C17H17N5OS2/c1-8(2)22-9(3)7-12(21-22)16(23)20-17-19-11-5-6-13-14(15(11)25-17)18-10(4)24-13/h5-8H,1-4H3,(H,19,20,23). The highest BCUT2D eigenvalue weighted by molar-refractivity contribution is 7.24. The predicted molar refractivity (Wildman–Crippen MR) is 103 cm³/mol. The van der Waals surface area contributed by atoms with Crippen LogP contribution in [-0.4, -0.2) is 25.7 Å². The van der Waals surface area contributed by atoms with E-state index in [1.54, 1.807) is 17.4 Å². The SMILES string of the molecule is Cc1nc2c(ccc3nc(NC(=O)c4cc(C)n(C(C)C)n4)sc32)s1. The number of nitrogens with one attached hydrogen (secondary N) is 1. The summed E-state index contributed by atoms with van der Waals surface area (Å²) in [5, 5.41) is 8.84. The Morgan fingerprint density at radius 1 is 1.20 bits per heavy atom. The van der Waals surface area contributed by atoms with Crippen LogP contribution >= 0.6 is 22.7 Å². The first-order valence-corrected chi connectivity index (χ1v) is 9.60. The molecule has 0 radical (unpaired) electrons. The number of thiazole rings is 2. The van der Waals surface area contributed by atoms with Crippen molar-refractivity contribution in [3.8, 4) is 0 Å². The summed E-state index contributed by atoms with van der Waals surface area (Å²) < 4.78 is 3.98. The number of rotatable bonds is 3. The van der Waals surface area contributed by atoms with E-state index in [2.05, 4.69) is 20.4 Å². The molecule has 25 heavy (non-hydrogen) atoms. The number of amides is 1. The maximum Gasteiger partial charge on any atom is 0.277 e. The molecule has 0 bridgehead atoms. The van der Waals surface area contributed by atoms with E-state index >= 15 is 0 Å². The summed E-state index contributed by atoms with van der Waals surface area (Å²) >= 11 is 3.11. The van der Waals surface area contributed by atoms with Crippen molar-refractivity contribution in [3.63, 3.8) is 0 Å². The molecule has 0 fully saturated rings. The molecule has 4 rings (SSSR count). The van der Waals surface area contributed by atoms with Crippen LogP contribution in [0.15, 0.2) is 18.2 Å². The van der Waals surface area contributed by atoms with Gasteiger partial charge in [0.2, 0.25) is 0 Å². The fraction of sp³-hybridized carbons (Fsp3) is 0.294. The molecule has 0 aliphatic carbocycles. The molecular weight excluding hydrogens is 354 g/mol. The molecule has 6 nitrogen and oxygen atoms in total. The van der Waals surface area contributed by atoms with E-state index < -0.39 is 0 Å². The number of anilines is 1. The van der Waals surface area contributed by atoms with Gasteiger partial charge in [0, 0.05) is 11.7 Å². The summed E-state index contributed by atoms with van der Waals surface area (Å²) in [4.78, 5) is 21.6. The number of nitrogens with zero attached hydrogens (tertiary/aromatic N) is 4. The lowest BCUT2D eigenvalue weighted by atomic mass is 10.3. The number of carbonyl (C=O) groups is 1. The zero-order valence-corrected chi connectivity index (χ0v) is 16.0. The second-order valence-corrected chi connectivity index (χ2v) is 8.41. The van der Waals surface area contributed by atoms with Crippen LogP contribution in [0.1, 0.15) is 41.1 Å². The van der Waals surface area contributed by atoms with Crippen molar-refractivity contribution in [1.29, 1.82) is 0 Å². The summed E-state index contributed by atoms with van der Waals surface area (Å²) in [6, 6.07) is 6.01. The van der Waals surface area contributed by atoms with E-state index in [-0.39, 0.29) is 11.9 Å². The summed E-state index contributed by atoms with van der Waals surface area (Å²) in [5.41, 5.74) is 3.17. The number of carbonyl (C=O) groups excluding carboxylic acids is 1. The van der Waals surface area contributed by atoms with Crippen LogP contribution in [-0.2, 0) is 0 Å². The van der Waals surface area contributed by atoms with Gasteiger partial charge in [-0.25, -0.2) is 9.97 Å². The minimum atomic E-state index is -0.243. The molecule has 0 atom stereocenters. The Morgan fingerprint density at radius 3 is 2.72 bits per heavy atom. The Bertz CT molecular complexity index is 1110. The first kappa shape index (κ1) is 16.2. The van der Waals surface area contributed by atoms with Gasteiger partial charge in [0.25, 0.3) is 5.91 Å². The van der Waals surface area contributed by atoms with Crippen molar-refractivity contribution in [3.05, 3.63) is 34.6 Å². The van der Waals surface area contributed by atoms with Gasteiger partial charge in [-0.1, -0.05) is 11.3 Å². The van der Waals surface area contributed by atoms with Gasteiger partial charge >= 0.3 is 0 Å². The van der Waals surface area contributed by atoms with Crippen LogP contribution in [0.3, 0.4) is 0 Å². The fourth-order valence-electron chi connectivity index (χ4n) is 2.82. The molecule has 3 aromatic heterocycles. The van der Waals surface area contributed by atoms with Gasteiger partial charge in [-0.3, -0.25) is 14.8 Å². The predicted octanol–water partition coefficient (Wildman–Crippen LogP) is 4.55. The topological polar surface area (TPSA) is 72.7 Å². The second-order valence-electron chi connectivity index (χ2n) is 6.18. The molecular formula is C17H17N5OS2. The Balaban J connectivity index is 1.67. The monoisotopic (exact) mass is 371 g/mol. The van der Waals surface area contributed by atoms with Crippen molar-refractivity contribution in [1.82, 2.24) is 19.7 Å². The van der Waals surface area contributed by atoms with Crippen LogP contribution in [0.25, 0.3) is 20.4 Å². The molecule has 128 valence electrons. The number of benzene rings is 1. The van der Waals surface area contributed by atoms with Gasteiger partial charge in [-0.15, -0.1) is 11.3 Å². The Labute approximate surface area is 152 Å². The Hall–Kier alpha value is -2.32. The molecule has 0 saturated heterocycles. The van der Waals surface area contributed by atoms with Crippen LogP contribution in [0, 0.1) is 13.8 Å². The Kier molecular flexibility index (Phi) is 3.81. The average Bonchev–Trinajstić information content (AvgIpc) is 3.21. The van der Waals surface area contributed by atoms with Gasteiger partial charge in [0.1, 0.15) is 5.52 Å². The third kappa shape index (κ3) is 2.81. The summed E-state index contributed by atoms with van der Waals surface area (Å²) in [7, 11) is 0. The lowest BCUT2D eigenvalue weighted by molar-refractivity contribution is 0.102. The maximum atomic E-state index is 12.5.